The number of hydrogen-bond donors (Lipinski definition) is 2. The van der Waals surface area contributed by atoms with Crippen molar-refractivity contribution in [1.82, 2.24) is 9.88 Å². The molecule has 0 aliphatic rings. The van der Waals surface area contributed by atoms with Crippen molar-refractivity contribution in [3.8, 4) is 6.07 Å². The van der Waals surface area contributed by atoms with Gasteiger partial charge in [-0.2, -0.15) is 5.26 Å². The van der Waals surface area contributed by atoms with Gasteiger partial charge in [0, 0.05) is 32.9 Å². The third kappa shape index (κ3) is 4.22. The van der Waals surface area contributed by atoms with Crippen LogP contribution in [0.1, 0.15) is 31.5 Å². The number of rotatable bonds is 6. The molecule has 0 fully saturated rings. The Morgan fingerprint density at radius 1 is 1.53 bits per heavy atom. The second-order valence-electron chi connectivity index (χ2n) is 5.20. The molecule has 0 unspecified atom stereocenters. The molecule has 1 aromatic rings. The van der Waals surface area contributed by atoms with E-state index in [-0.39, 0.29) is 12.0 Å². The first-order chi connectivity index (χ1) is 7.98. The third-order valence-corrected chi connectivity index (χ3v) is 2.90. The van der Waals surface area contributed by atoms with Crippen LogP contribution < -0.4 is 5.32 Å². The summed E-state index contributed by atoms with van der Waals surface area (Å²) in [5, 5.41) is 21.1. The Balaban J connectivity index is 2.43. The SMILES string of the molecule is Cn1cc(CNCC(C)(C)CCO)cc1C#N. The Bertz CT molecular complexity index is 401. The Morgan fingerprint density at radius 3 is 2.76 bits per heavy atom. The van der Waals surface area contributed by atoms with Crippen LogP contribution in [0.15, 0.2) is 12.3 Å². The van der Waals surface area contributed by atoms with Crippen LogP contribution in [0.3, 0.4) is 0 Å². The van der Waals surface area contributed by atoms with Crippen molar-refractivity contribution < 1.29 is 5.11 Å². The Hall–Kier alpha value is -1.31. The fourth-order valence-corrected chi connectivity index (χ4v) is 1.78. The van der Waals surface area contributed by atoms with Crippen LogP contribution in [-0.2, 0) is 13.6 Å². The van der Waals surface area contributed by atoms with E-state index in [0.717, 1.165) is 25.1 Å². The molecule has 0 saturated heterocycles. The van der Waals surface area contributed by atoms with Gasteiger partial charge in [-0.05, 0) is 23.5 Å². The molecule has 0 spiro atoms. The summed E-state index contributed by atoms with van der Waals surface area (Å²) in [7, 11) is 1.87. The van der Waals surface area contributed by atoms with E-state index in [1.165, 1.54) is 0 Å². The predicted molar refractivity (Wildman–Crippen MR) is 67.3 cm³/mol. The molecule has 0 aliphatic carbocycles. The highest BCUT2D eigenvalue weighted by molar-refractivity contribution is 5.28. The van der Waals surface area contributed by atoms with E-state index in [1.807, 2.05) is 23.9 Å². The molecule has 0 aromatic carbocycles. The Morgan fingerprint density at radius 2 is 2.24 bits per heavy atom. The van der Waals surface area contributed by atoms with E-state index in [0.29, 0.717) is 5.69 Å². The lowest BCUT2D eigenvalue weighted by molar-refractivity contribution is 0.207. The molecule has 0 radical (unpaired) electrons. The van der Waals surface area contributed by atoms with Gasteiger partial charge in [0.2, 0.25) is 0 Å². The number of nitrogens with one attached hydrogen (secondary N) is 1. The Labute approximate surface area is 103 Å². The van der Waals surface area contributed by atoms with Crippen LogP contribution in [0.25, 0.3) is 0 Å². The zero-order valence-corrected chi connectivity index (χ0v) is 10.8. The first-order valence-corrected chi connectivity index (χ1v) is 5.85. The lowest BCUT2D eigenvalue weighted by Crippen LogP contribution is -2.29. The van der Waals surface area contributed by atoms with E-state index < -0.39 is 0 Å². The van der Waals surface area contributed by atoms with E-state index in [4.69, 9.17) is 10.4 Å². The molecular weight excluding hydrogens is 214 g/mol. The molecule has 17 heavy (non-hydrogen) atoms. The summed E-state index contributed by atoms with van der Waals surface area (Å²) in [6, 6.07) is 4.04. The fourth-order valence-electron chi connectivity index (χ4n) is 1.78. The van der Waals surface area contributed by atoms with E-state index in [1.54, 1.807) is 0 Å². The normalized spacial score (nSPS) is 11.5. The van der Waals surface area contributed by atoms with Gasteiger partial charge in [0.05, 0.1) is 0 Å². The topological polar surface area (TPSA) is 61.0 Å². The molecule has 0 amide bonds. The standard InChI is InChI=1S/C13H21N3O/c1-13(2,4-5-17)10-15-8-11-6-12(7-14)16(3)9-11/h6,9,15,17H,4-5,8,10H2,1-3H3. The van der Waals surface area contributed by atoms with Crippen molar-refractivity contribution in [3.63, 3.8) is 0 Å². The molecule has 4 nitrogen and oxygen atoms in total. The van der Waals surface area contributed by atoms with Gasteiger partial charge in [0.25, 0.3) is 0 Å². The minimum Gasteiger partial charge on any atom is -0.396 e. The molecule has 0 bridgehead atoms. The highest BCUT2D eigenvalue weighted by Gasteiger charge is 2.16. The van der Waals surface area contributed by atoms with E-state index in [9.17, 15) is 0 Å². The summed E-state index contributed by atoms with van der Waals surface area (Å²) in [5.41, 5.74) is 1.89. The number of nitrogens with zero attached hydrogens (tertiary/aromatic N) is 2. The maximum atomic E-state index is 8.92. The Kier molecular flexibility index (Phi) is 4.73. The zero-order valence-electron chi connectivity index (χ0n) is 10.8. The van der Waals surface area contributed by atoms with E-state index in [2.05, 4.69) is 25.2 Å². The number of aliphatic hydroxyl groups is 1. The summed E-state index contributed by atoms with van der Waals surface area (Å²) < 4.78 is 1.83. The van der Waals surface area contributed by atoms with Gasteiger partial charge in [0.15, 0.2) is 0 Å². The molecule has 94 valence electrons. The predicted octanol–water partition coefficient (Wildman–Crippen LogP) is 1.39. The quantitative estimate of drug-likeness (QED) is 0.783. The molecule has 2 N–H and O–H groups in total. The molecule has 4 heteroatoms. The maximum Gasteiger partial charge on any atom is 0.120 e. The lowest BCUT2D eigenvalue weighted by atomic mass is 9.90. The van der Waals surface area contributed by atoms with Crippen LogP contribution in [-0.4, -0.2) is 22.8 Å². The highest BCUT2D eigenvalue weighted by atomic mass is 16.3. The monoisotopic (exact) mass is 235 g/mol. The van der Waals surface area contributed by atoms with Crippen molar-refractivity contribution in [2.45, 2.75) is 26.8 Å². The van der Waals surface area contributed by atoms with Crippen molar-refractivity contribution in [2.75, 3.05) is 13.2 Å². The summed E-state index contributed by atoms with van der Waals surface area (Å²) >= 11 is 0. The molecule has 0 saturated carbocycles. The summed E-state index contributed by atoms with van der Waals surface area (Å²) in [5.74, 6) is 0. The van der Waals surface area contributed by atoms with Gasteiger partial charge in [-0.1, -0.05) is 13.8 Å². The fraction of sp³-hybridized carbons (Fsp3) is 0.615. The van der Waals surface area contributed by atoms with Gasteiger partial charge in [0.1, 0.15) is 11.8 Å². The van der Waals surface area contributed by atoms with Crippen LogP contribution >= 0.6 is 0 Å². The molecular formula is C13H21N3O. The molecule has 0 atom stereocenters. The number of aliphatic hydroxyl groups excluding tert-OH is 1. The van der Waals surface area contributed by atoms with Crippen LogP contribution in [0.4, 0.5) is 0 Å². The van der Waals surface area contributed by atoms with Crippen LogP contribution in [0, 0.1) is 16.7 Å². The average Bonchev–Trinajstić information content (AvgIpc) is 2.58. The smallest absolute Gasteiger partial charge is 0.120 e. The minimum atomic E-state index is 0.0988. The van der Waals surface area contributed by atoms with Gasteiger partial charge in [-0.25, -0.2) is 0 Å². The number of nitriles is 1. The summed E-state index contributed by atoms with van der Waals surface area (Å²) in [4.78, 5) is 0. The highest BCUT2D eigenvalue weighted by Crippen LogP contribution is 2.18. The second kappa shape index (κ2) is 5.85. The third-order valence-electron chi connectivity index (χ3n) is 2.90. The van der Waals surface area contributed by atoms with Crippen LogP contribution in [0.2, 0.25) is 0 Å². The minimum absolute atomic E-state index is 0.0988. The van der Waals surface area contributed by atoms with Crippen molar-refractivity contribution >= 4 is 0 Å². The maximum absolute atomic E-state index is 8.92. The first-order valence-electron chi connectivity index (χ1n) is 5.85. The summed E-state index contributed by atoms with van der Waals surface area (Å²) in [6.45, 7) is 6.08. The first kappa shape index (κ1) is 13.8. The van der Waals surface area contributed by atoms with Crippen molar-refractivity contribution in [2.24, 2.45) is 12.5 Å². The van der Waals surface area contributed by atoms with Crippen molar-refractivity contribution in [3.05, 3.63) is 23.5 Å². The average molecular weight is 235 g/mol. The second-order valence-corrected chi connectivity index (χ2v) is 5.20. The van der Waals surface area contributed by atoms with Gasteiger partial charge in [-0.15, -0.1) is 0 Å². The number of hydrogen-bond acceptors (Lipinski definition) is 3. The molecule has 0 aliphatic heterocycles. The number of aromatic nitrogens is 1. The largest absolute Gasteiger partial charge is 0.396 e. The molecule has 1 heterocycles. The molecule has 1 aromatic heterocycles. The van der Waals surface area contributed by atoms with Gasteiger partial charge in [-0.3, -0.25) is 0 Å². The van der Waals surface area contributed by atoms with Crippen molar-refractivity contribution in [1.29, 1.82) is 5.26 Å². The van der Waals surface area contributed by atoms with Gasteiger partial charge < -0.3 is 15.0 Å². The zero-order chi connectivity index (χ0) is 12.9. The van der Waals surface area contributed by atoms with Gasteiger partial charge >= 0.3 is 0 Å². The number of aryl methyl sites for hydroxylation is 1. The van der Waals surface area contributed by atoms with E-state index >= 15 is 0 Å². The molecule has 1 rings (SSSR count). The van der Waals surface area contributed by atoms with Crippen LogP contribution in [0.5, 0.6) is 0 Å². The summed E-state index contributed by atoms with van der Waals surface area (Å²) in [6.07, 6.45) is 2.75. The lowest BCUT2D eigenvalue weighted by Gasteiger charge is -2.23.